The summed E-state index contributed by atoms with van der Waals surface area (Å²) in [5, 5.41) is 14.7. The number of aliphatic hydroxyl groups is 1. The highest BCUT2D eigenvalue weighted by atomic mass is 79.9. The SMILES string of the molecule is CC1CNCCC1(O)Cc1ccc(Cl)c(Br)c1. The Hall–Kier alpha value is -0.0900. The van der Waals surface area contributed by atoms with Crippen LogP contribution < -0.4 is 5.32 Å². The zero-order valence-corrected chi connectivity index (χ0v) is 12.2. The number of nitrogens with one attached hydrogen (secondary N) is 1. The minimum absolute atomic E-state index is 0.269. The third-order valence-corrected chi connectivity index (χ3v) is 4.81. The molecule has 94 valence electrons. The van der Waals surface area contributed by atoms with Gasteiger partial charge in [0.2, 0.25) is 0 Å². The van der Waals surface area contributed by atoms with Crippen LogP contribution in [0.1, 0.15) is 18.9 Å². The molecule has 0 radical (unpaired) electrons. The number of halogens is 2. The van der Waals surface area contributed by atoms with Gasteiger partial charge in [0, 0.05) is 17.4 Å². The second kappa shape index (κ2) is 5.27. The standard InChI is InChI=1S/C13H17BrClNO/c1-9-8-16-5-4-13(9,17)7-10-2-3-12(15)11(14)6-10/h2-3,6,9,16-17H,4-5,7-8H2,1H3. The highest BCUT2D eigenvalue weighted by molar-refractivity contribution is 9.10. The fourth-order valence-electron chi connectivity index (χ4n) is 2.33. The van der Waals surface area contributed by atoms with Gasteiger partial charge in [-0.2, -0.15) is 0 Å². The minimum Gasteiger partial charge on any atom is -0.389 e. The van der Waals surface area contributed by atoms with Gasteiger partial charge in [-0.25, -0.2) is 0 Å². The van der Waals surface area contributed by atoms with Crippen LogP contribution in [0, 0.1) is 5.92 Å². The molecule has 0 amide bonds. The van der Waals surface area contributed by atoms with Crippen molar-refractivity contribution in [1.29, 1.82) is 0 Å². The molecule has 2 nitrogen and oxygen atoms in total. The van der Waals surface area contributed by atoms with Crippen molar-refractivity contribution in [2.45, 2.75) is 25.4 Å². The van der Waals surface area contributed by atoms with E-state index >= 15 is 0 Å². The van der Waals surface area contributed by atoms with Crippen molar-refractivity contribution in [2.24, 2.45) is 5.92 Å². The molecule has 1 aromatic carbocycles. The normalized spacial score (nSPS) is 29.3. The highest BCUT2D eigenvalue weighted by Crippen LogP contribution is 2.30. The van der Waals surface area contributed by atoms with Gasteiger partial charge in [0.25, 0.3) is 0 Å². The van der Waals surface area contributed by atoms with E-state index in [2.05, 4.69) is 28.2 Å². The maximum absolute atomic E-state index is 10.7. The van der Waals surface area contributed by atoms with Gasteiger partial charge in [-0.3, -0.25) is 0 Å². The summed E-state index contributed by atoms with van der Waals surface area (Å²) in [7, 11) is 0. The first-order valence-electron chi connectivity index (χ1n) is 5.88. The van der Waals surface area contributed by atoms with E-state index in [1.807, 2.05) is 18.2 Å². The molecule has 2 rings (SSSR count). The van der Waals surface area contributed by atoms with E-state index in [1.54, 1.807) is 0 Å². The predicted molar refractivity (Wildman–Crippen MR) is 74.5 cm³/mol. The number of hydrogen-bond donors (Lipinski definition) is 2. The monoisotopic (exact) mass is 317 g/mol. The Kier molecular flexibility index (Phi) is 4.14. The van der Waals surface area contributed by atoms with Gasteiger partial charge >= 0.3 is 0 Å². The van der Waals surface area contributed by atoms with Crippen molar-refractivity contribution in [1.82, 2.24) is 5.32 Å². The summed E-state index contributed by atoms with van der Waals surface area (Å²) in [5.74, 6) is 0.269. The van der Waals surface area contributed by atoms with E-state index in [0.717, 1.165) is 29.5 Å². The molecule has 4 heteroatoms. The van der Waals surface area contributed by atoms with Crippen LogP contribution in [0.4, 0.5) is 0 Å². The smallest absolute Gasteiger partial charge is 0.0737 e. The quantitative estimate of drug-likeness (QED) is 0.878. The summed E-state index contributed by atoms with van der Waals surface area (Å²) in [6.45, 7) is 3.86. The Morgan fingerprint density at radius 3 is 3.00 bits per heavy atom. The first-order valence-corrected chi connectivity index (χ1v) is 7.05. The van der Waals surface area contributed by atoms with E-state index in [-0.39, 0.29) is 5.92 Å². The summed E-state index contributed by atoms with van der Waals surface area (Å²) in [5.41, 5.74) is 0.524. The lowest BCUT2D eigenvalue weighted by molar-refractivity contribution is -0.0329. The van der Waals surface area contributed by atoms with E-state index in [9.17, 15) is 5.11 Å². The van der Waals surface area contributed by atoms with E-state index in [1.165, 1.54) is 0 Å². The number of benzene rings is 1. The summed E-state index contributed by atoms with van der Waals surface area (Å²) in [6, 6.07) is 5.85. The van der Waals surface area contributed by atoms with Crippen LogP contribution in [0.2, 0.25) is 5.02 Å². The Balaban J connectivity index is 2.16. The lowest BCUT2D eigenvalue weighted by Crippen LogP contribution is -2.50. The molecule has 1 heterocycles. The Labute approximate surface area is 115 Å². The van der Waals surface area contributed by atoms with Crippen molar-refractivity contribution in [3.8, 4) is 0 Å². The van der Waals surface area contributed by atoms with Crippen LogP contribution in [-0.2, 0) is 6.42 Å². The molecule has 1 aromatic rings. The molecule has 17 heavy (non-hydrogen) atoms. The molecule has 0 bridgehead atoms. The summed E-state index contributed by atoms with van der Waals surface area (Å²) in [6.07, 6.45) is 1.49. The van der Waals surface area contributed by atoms with Crippen molar-refractivity contribution in [2.75, 3.05) is 13.1 Å². The second-order valence-corrected chi connectivity index (χ2v) is 6.15. The van der Waals surface area contributed by atoms with Crippen LogP contribution in [0.25, 0.3) is 0 Å². The topological polar surface area (TPSA) is 32.3 Å². The molecular weight excluding hydrogens is 302 g/mol. The van der Waals surface area contributed by atoms with Crippen molar-refractivity contribution in [3.63, 3.8) is 0 Å². The fraction of sp³-hybridized carbons (Fsp3) is 0.538. The van der Waals surface area contributed by atoms with Crippen LogP contribution in [0.15, 0.2) is 22.7 Å². The molecule has 0 saturated carbocycles. The molecule has 0 aromatic heterocycles. The second-order valence-electron chi connectivity index (χ2n) is 4.88. The van der Waals surface area contributed by atoms with Gasteiger partial charge in [-0.1, -0.05) is 24.6 Å². The molecule has 1 saturated heterocycles. The molecule has 2 N–H and O–H groups in total. The predicted octanol–water partition coefficient (Wildman–Crippen LogP) is 3.01. The molecule has 1 aliphatic heterocycles. The Morgan fingerprint density at radius 2 is 2.35 bits per heavy atom. The van der Waals surface area contributed by atoms with Gasteiger partial charge in [0.15, 0.2) is 0 Å². The zero-order valence-electron chi connectivity index (χ0n) is 9.84. The Morgan fingerprint density at radius 1 is 1.59 bits per heavy atom. The Bertz CT molecular complexity index is 412. The van der Waals surface area contributed by atoms with E-state index in [0.29, 0.717) is 11.4 Å². The maximum Gasteiger partial charge on any atom is 0.0737 e. The maximum atomic E-state index is 10.7. The molecule has 0 spiro atoms. The van der Waals surface area contributed by atoms with Crippen LogP contribution in [-0.4, -0.2) is 23.8 Å². The average molecular weight is 319 g/mol. The van der Waals surface area contributed by atoms with E-state index in [4.69, 9.17) is 11.6 Å². The minimum atomic E-state index is -0.599. The summed E-state index contributed by atoms with van der Waals surface area (Å²) in [4.78, 5) is 0. The van der Waals surface area contributed by atoms with Gasteiger partial charge in [-0.05, 0) is 52.5 Å². The van der Waals surface area contributed by atoms with E-state index < -0.39 is 5.60 Å². The van der Waals surface area contributed by atoms with Crippen LogP contribution >= 0.6 is 27.5 Å². The lowest BCUT2D eigenvalue weighted by Gasteiger charge is -2.38. The van der Waals surface area contributed by atoms with Gasteiger partial charge in [0.05, 0.1) is 10.6 Å². The third kappa shape index (κ3) is 3.02. The average Bonchev–Trinajstić information content (AvgIpc) is 2.28. The van der Waals surface area contributed by atoms with Crippen molar-refractivity contribution >= 4 is 27.5 Å². The molecule has 1 aliphatic rings. The largest absolute Gasteiger partial charge is 0.389 e. The van der Waals surface area contributed by atoms with Crippen LogP contribution in [0.5, 0.6) is 0 Å². The fourth-order valence-corrected chi connectivity index (χ4v) is 2.87. The van der Waals surface area contributed by atoms with Crippen molar-refractivity contribution in [3.05, 3.63) is 33.3 Å². The molecule has 0 aliphatic carbocycles. The lowest BCUT2D eigenvalue weighted by atomic mass is 9.78. The zero-order chi connectivity index (χ0) is 12.5. The number of hydrogen-bond acceptors (Lipinski definition) is 2. The number of rotatable bonds is 2. The van der Waals surface area contributed by atoms with Crippen LogP contribution in [0.3, 0.4) is 0 Å². The number of piperidine rings is 1. The summed E-state index contributed by atoms with van der Waals surface area (Å²) >= 11 is 9.39. The van der Waals surface area contributed by atoms with Gasteiger partial charge in [-0.15, -0.1) is 0 Å². The summed E-state index contributed by atoms with van der Waals surface area (Å²) < 4.78 is 0.891. The molecule has 1 fully saturated rings. The van der Waals surface area contributed by atoms with Gasteiger partial charge in [0.1, 0.15) is 0 Å². The first kappa shape index (κ1) is 13.3. The third-order valence-electron chi connectivity index (χ3n) is 3.60. The van der Waals surface area contributed by atoms with Gasteiger partial charge < -0.3 is 10.4 Å². The molecular formula is C13H17BrClNO. The van der Waals surface area contributed by atoms with Crippen molar-refractivity contribution < 1.29 is 5.11 Å². The molecule has 2 unspecified atom stereocenters. The highest BCUT2D eigenvalue weighted by Gasteiger charge is 2.35. The molecule has 2 atom stereocenters. The first-order chi connectivity index (χ1) is 8.01.